The van der Waals surface area contributed by atoms with Crippen molar-refractivity contribution in [2.24, 2.45) is 5.14 Å². The van der Waals surface area contributed by atoms with Gasteiger partial charge in [-0.25, -0.2) is 13.6 Å². The fraction of sp³-hybridized carbons (Fsp3) is 0.300. The van der Waals surface area contributed by atoms with Gasteiger partial charge in [-0.05, 0) is 18.2 Å². The molecule has 0 aliphatic carbocycles. The lowest BCUT2D eigenvalue weighted by molar-refractivity contribution is -0.140. The van der Waals surface area contributed by atoms with Crippen molar-refractivity contribution in [3.05, 3.63) is 18.2 Å². The predicted molar refractivity (Wildman–Crippen MR) is 69.6 cm³/mol. The molecule has 18 heavy (non-hydrogen) atoms. The fourth-order valence-electron chi connectivity index (χ4n) is 1.21. The first-order chi connectivity index (χ1) is 8.34. The number of ether oxygens (including phenoxy) is 1. The maximum Gasteiger partial charge on any atom is 0.306 e. The molecule has 100 valence electrons. The van der Waals surface area contributed by atoms with Crippen molar-refractivity contribution in [3.8, 4) is 0 Å². The summed E-state index contributed by atoms with van der Waals surface area (Å²) in [4.78, 5) is 11.4. The number of carbonyl (C=O) groups excluding carboxylic acids is 1. The van der Waals surface area contributed by atoms with E-state index in [1.807, 2.05) is 0 Å². The quantitative estimate of drug-likeness (QED) is 0.466. The van der Waals surface area contributed by atoms with Gasteiger partial charge < -0.3 is 10.5 Å². The number of primary sulfonamides is 1. The Morgan fingerprint density at radius 3 is 2.67 bits per heavy atom. The Hall–Kier alpha value is -1.25. The average molecular weight is 290 g/mol. The lowest BCUT2D eigenvalue weighted by Crippen LogP contribution is -2.14. The molecule has 0 heterocycles. The van der Waals surface area contributed by atoms with Gasteiger partial charge in [0.1, 0.15) is 0 Å². The molecule has 0 unspecified atom stereocenters. The highest BCUT2D eigenvalue weighted by molar-refractivity contribution is 8.00. The van der Waals surface area contributed by atoms with Crippen molar-refractivity contribution in [2.75, 3.05) is 18.6 Å². The number of anilines is 1. The van der Waals surface area contributed by atoms with E-state index in [4.69, 9.17) is 10.9 Å². The molecular weight excluding hydrogens is 276 g/mol. The normalized spacial score (nSPS) is 11.2. The van der Waals surface area contributed by atoms with Crippen molar-refractivity contribution in [1.82, 2.24) is 0 Å². The van der Waals surface area contributed by atoms with E-state index in [-0.39, 0.29) is 17.3 Å². The van der Waals surface area contributed by atoms with Crippen molar-refractivity contribution in [2.45, 2.75) is 16.2 Å². The van der Waals surface area contributed by atoms with E-state index in [0.29, 0.717) is 16.3 Å². The van der Waals surface area contributed by atoms with Gasteiger partial charge in [0.25, 0.3) is 0 Å². The lowest BCUT2D eigenvalue weighted by Gasteiger charge is -2.08. The molecule has 0 aliphatic rings. The molecule has 1 aromatic carbocycles. The standard InChI is InChI=1S/C10H14N2O4S2/c1-16-10(13)4-5-17-8-3-2-7(11)6-9(8)18(12,14)15/h2-3,6H,4-5,11H2,1H3,(H2,12,14,15). The van der Waals surface area contributed by atoms with E-state index in [2.05, 4.69) is 4.74 Å². The van der Waals surface area contributed by atoms with Crippen LogP contribution >= 0.6 is 11.8 Å². The topological polar surface area (TPSA) is 112 Å². The Morgan fingerprint density at radius 1 is 1.44 bits per heavy atom. The van der Waals surface area contributed by atoms with Crippen molar-refractivity contribution >= 4 is 33.4 Å². The molecule has 0 fully saturated rings. The monoisotopic (exact) mass is 290 g/mol. The van der Waals surface area contributed by atoms with Gasteiger partial charge in [-0.3, -0.25) is 4.79 Å². The van der Waals surface area contributed by atoms with Crippen LogP contribution in [0.3, 0.4) is 0 Å². The minimum atomic E-state index is -3.83. The number of rotatable bonds is 5. The second kappa shape index (κ2) is 6.07. The molecule has 8 heteroatoms. The number of sulfonamides is 1. The first kappa shape index (κ1) is 14.8. The van der Waals surface area contributed by atoms with E-state index in [1.165, 1.54) is 24.9 Å². The van der Waals surface area contributed by atoms with Crippen molar-refractivity contribution in [3.63, 3.8) is 0 Å². The van der Waals surface area contributed by atoms with Crippen LogP contribution in [-0.4, -0.2) is 27.2 Å². The van der Waals surface area contributed by atoms with Crippen LogP contribution < -0.4 is 10.9 Å². The van der Waals surface area contributed by atoms with Crippen LogP contribution in [0.4, 0.5) is 5.69 Å². The Bertz CT molecular complexity index is 543. The number of thioether (sulfide) groups is 1. The van der Waals surface area contributed by atoms with Gasteiger partial charge in [0, 0.05) is 16.3 Å². The molecule has 0 aliphatic heterocycles. The molecule has 1 rings (SSSR count). The summed E-state index contributed by atoms with van der Waals surface area (Å²) in [6, 6.07) is 4.45. The van der Waals surface area contributed by atoms with Crippen LogP contribution in [0.1, 0.15) is 6.42 Å². The van der Waals surface area contributed by atoms with Crippen LogP contribution in [0.5, 0.6) is 0 Å². The SMILES string of the molecule is COC(=O)CCSc1ccc(N)cc1S(N)(=O)=O. The van der Waals surface area contributed by atoms with Gasteiger partial charge in [0.05, 0.1) is 18.4 Å². The third-order valence-electron chi connectivity index (χ3n) is 2.07. The highest BCUT2D eigenvalue weighted by atomic mass is 32.2. The maximum atomic E-state index is 11.4. The number of nitrogen functional groups attached to an aromatic ring is 1. The van der Waals surface area contributed by atoms with Gasteiger partial charge in [0.15, 0.2) is 0 Å². The number of hydrogen-bond donors (Lipinski definition) is 2. The van der Waals surface area contributed by atoms with Crippen molar-refractivity contribution < 1.29 is 17.9 Å². The zero-order valence-corrected chi connectivity index (χ0v) is 11.4. The molecule has 0 atom stereocenters. The molecule has 0 saturated carbocycles. The summed E-state index contributed by atoms with van der Waals surface area (Å²) in [5.41, 5.74) is 5.84. The van der Waals surface area contributed by atoms with Crippen LogP contribution in [0.25, 0.3) is 0 Å². The number of hydrogen-bond acceptors (Lipinski definition) is 6. The summed E-state index contributed by atoms with van der Waals surface area (Å²) in [6.45, 7) is 0. The molecule has 0 bridgehead atoms. The summed E-state index contributed by atoms with van der Waals surface area (Å²) in [7, 11) is -2.53. The van der Waals surface area contributed by atoms with Crippen LogP contribution in [0.15, 0.2) is 28.0 Å². The highest BCUT2D eigenvalue weighted by Gasteiger charge is 2.15. The summed E-state index contributed by atoms with van der Waals surface area (Å²) >= 11 is 1.21. The molecule has 0 aromatic heterocycles. The smallest absolute Gasteiger partial charge is 0.306 e. The van der Waals surface area contributed by atoms with Gasteiger partial charge >= 0.3 is 5.97 Å². The molecule has 1 aromatic rings. The Morgan fingerprint density at radius 2 is 2.11 bits per heavy atom. The van der Waals surface area contributed by atoms with Crippen LogP contribution in [0, 0.1) is 0 Å². The zero-order valence-electron chi connectivity index (χ0n) is 9.75. The predicted octanol–water partition coefficient (Wildman–Crippen LogP) is 0.571. The second-order valence-electron chi connectivity index (χ2n) is 3.43. The molecule has 0 amide bonds. The Kier molecular flexibility index (Phi) is 5.00. The number of carbonyl (C=O) groups is 1. The summed E-state index contributed by atoms with van der Waals surface area (Å²) < 4.78 is 27.2. The maximum absolute atomic E-state index is 11.4. The van der Waals surface area contributed by atoms with Crippen LogP contribution in [-0.2, 0) is 19.6 Å². The third kappa shape index (κ3) is 4.21. The molecule has 6 nitrogen and oxygen atoms in total. The first-order valence-electron chi connectivity index (χ1n) is 4.96. The Balaban J connectivity index is 2.86. The fourth-order valence-corrected chi connectivity index (χ4v) is 3.24. The minimum absolute atomic E-state index is 0.0302. The van der Waals surface area contributed by atoms with E-state index in [0.717, 1.165) is 0 Å². The first-order valence-corrected chi connectivity index (χ1v) is 7.49. The van der Waals surface area contributed by atoms with Gasteiger partial charge in [-0.15, -0.1) is 11.8 Å². The molecule has 0 radical (unpaired) electrons. The highest BCUT2D eigenvalue weighted by Crippen LogP contribution is 2.28. The number of methoxy groups -OCH3 is 1. The van der Waals surface area contributed by atoms with Crippen molar-refractivity contribution in [1.29, 1.82) is 0 Å². The minimum Gasteiger partial charge on any atom is -0.469 e. The molecular formula is C10H14N2O4S2. The summed E-state index contributed by atoms with van der Waals surface area (Å²) in [5, 5.41) is 5.10. The third-order valence-corrected chi connectivity index (χ3v) is 4.22. The van der Waals surface area contributed by atoms with E-state index in [9.17, 15) is 13.2 Å². The average Bonchev–Trinajstić information content (AvgIpc) is 2.29. The van der Waals surface area contributed by atoms with E-state index in [1.54, 1.807) is 12.1 Å². The number of esters is 1. The summed E-state index contributed by atoms with van der Waals surface area (Å²) in [6.07, 6.45) is 0.190. The summed E-state index contributed by atoms with van der Waals surface area (Å²) in [5.74, 6) is 0.0501. The van der Waals surface area contributed by atoms with Gasteiger partial charge in [-0.1, -0.05) is 0 Å². The lowest BCUT2D eigenvalue weighted by atomic mass is 10.3. The molecule has 0 saturated heterocycles. The molecule has 4 N–H and O–H groups in total. The van der Waals surface area contributed by atoms with Gasteiger partial charge in [-0.2, -0.15) is 0 Å². The Labute approximate surface area is 110 Å². The second-order valence-corrected chi connectivity index (χ2v) is 6.09. The van der Waals surface area contributed by atoms with E-state index >= 15 is 0 Å². The molecule has 0 spiro atoms. The largest absolute Gasteiger partial charge is 0.469 e. The van der Waals surface area contributed by atoms with Crippen LogP contribution in [0.2, 0.25) is 0 Å². The zero-order chi connectivity index (χ0) is 13.8. The number of benzene rings is 1. The number of nitrogens with two attached hydrogens (primary N) is 2. The van der Waals surface area contributed by atoms with Gasteiger partial charge in [0.2, 0.25) is 10.0 Å². The van der Waals surface area contributed by atoms with E-state index < -0.39 is 10.0 Å².